The highest BCUT2D eigenvalue weighted by molar-refractivity contribution is 9.10. The summed E-state index contributed by atoms with van der Waals surface area (Å²) in [5, 5.41) is 7.96. The summed E-state index contributed by atoms with van der Waals surface area (Å²) in [4.78, 5) is 17.2. The van der Waals surface area contributed by atoms with E-state index in [9.17, 15) is 4.79 Å². The van der Waals surface area contributed by atoms with E-state index in [0.717, 1.165) is 27.8 Å². The number of hydrazine groups is 1. The molecule has 0 aliphatic carbocycles. The predicted octanol–water partition coefficient (Wildman–Crippen LogP) is 2.54. The Morgan fingerprint density at radius 2 is 2.17 bits per heavy atom. The number of fused-ring (bicyclic) bond motifs is 2. The number of hydrogen-bond donors (Lipinski definition) is 0. The fourth-order valence-corrected chi connectivity index (χ4v) is 3.17. The summed E-state index contributed by atoms with van der Waals surface area (Å²) in [5.41, 5.74) is 3.29. The van der Waals surface area contributed by atoms with E-state index in [0.29, 0.717) is 12.2 Å². The molecule has 0 saturated carbocycles. The van der Waals surface area contributed by atoms with Crippen molar-refractivity contribution in [3.8, 4) is 0 Å². The number of anilines is 1. The van der Waals surface area contributed by atoms with Crippen LogP contribution in [0.2, 0.25) is 0 Å². The van der Waals surface area contributed by atoms with E-state index in [1.807, 2.05) is 42.5 Å². The van der Waals surface area contributed by atoms with Crippen LogP contribution in [0.15, 0.2) is 47.2 Å². The molecule has 0 atom stereocenters. The molecule has 4 rings (SSSR count). The van der Waals surface area contributed by atoms with Crippen molar-refractivity contribution in [3.63, 3.8) is 0 Å². The molecular weight excluding hydrogens is 358 g/mol. The lowest BCUT2D eigenvalue weighted by Gasteiger charge is -2.37. The second-order valence-electron chi connectivity index (χ2n) is 5.42. The van der Waals surface area contributed by atoms with Crippen LogP contribution in [0.4, 0.5) is 5.69 Å². The molecule has 3 aromatic heterocycles. The molecular formula is C16H14BrN5O. The number of carbonyl (C=O) groups is 1. The molecule has 1 aliphatic heterocycles. The molecule has 0 radical (unpaired) electrons. The highest BCUT2D eigenvalue weighted by Gasteiger charge is 2.28. The Kier molecular flexibility index (Phi) is 3.30. The maximum Gasteiger partial charge on any atom is 0.292 e. The van der Waals surface area contributed by atoms with Gasteiger partial charge in [-0.1, -0.05) is 0 Å². The van der Waals surface area contributed by atoms with Gasteiger partial charge >= 0.3 is 0 Å². The van der Waals surface area contributed by atoms with E-state index in [2.05, 4.69) is 26.0 Å². The maximum atomic E-state index is 12.9. The first-order chi connectivity index (χ1) is 11.1. The monoisotopic (exact) mass is 371 g/mol. The molecule has 0 unspecified atom stereocenters. The van der Waals surface area contributed by atoms with Gasteiger partial charge in [0.15, 0.2) is 5.69 Å². The van der Waals surface area contributed by atoms with Gasteiger partial charge in [-0.05, 0) is 46.3 Å². The molecule has 23 heavy (non-hydrogen) atoms. The van der Waals surface area contributed by atoms with E-state index >= 15 is 0 Å². The van der Waals surface area contributed by atoms with Crippen molar-refractivity contribution >= 4 is 33.0 Å². The highest BCUT2D eigenvalue weighted by atomic mass is 79.9. The summed E-state index contributed by atoms with van der Waals surface area (Å²) in [7, 11) is 1.88. The van der Waals surface area contributed by atoms with Crippen LogP contribution in [-0.4, -0.2) is 39.1 Å². The largest absolute Gasteiger partial charge is 0.292 e. The molecule has 7 heteroatoms. The van der Waals surface area contributed by atoms with Crippen molar-refractivity contribution < 1.29 is 4.79 Å². The Bertz CT molecular complexity index is 906. The minimum absolute atomic E-state index is 0.109. The van der Waals surface area contributed by atoms with Crippen molar-refractivity contribution in [2.24, 2.45) is 0 Å². The zero-order valence-electron chi connectivity index (χ0n) is 12.5. The summed E-state index contributed by atoms with van der Waals surface area (Å²) in [6, 6.07) is 9.52. The first-order valence-corrected chi connectivity index (χ1v) is 8.07. The average molecular weight is 372 g/mol. The molecule has 116 valence electrons. The molecule has 0 fully saturated rings. The summed E-state index contributed by atoms with van der Waals surface area (Å²) in [5.74, 6) is -0.109. The second kappa shape index (κ2) is 5.34. The topological polar surface area (TPSA) is 53.7 Å². The maximum absolute atomic E-state index is 12.9. The van der Waals surface area contributed by atoms with Gasteiger partial charge in [0.25, 0.3) is 5.91 Å². The lowest BCUT2D eigenvalue weighted by molar-refractivity contribution is 0.0731. The third-order valence-electron chi connectivity index (χ3n) is 4.01. The Balaban J connectivity index is 1.68. The number of hydrogen-bond acceptors (Lipinski definition) is 4. The molecule has 4 heterocycles. The zero-order chi connectivity index (χ0) is 16.0. The van der Waals surface area contributed by atoms with Crippen LogP contribution in [0.1, 0.15) is 16.2 Å². The van der Waals surface area contributed by atoms with Crippen molar-refractivity contribution in [2.75, 3.05) is 18.6 Å². The zero-order valence-corrected chi connectivity index (χ0v) is 14.1. The van der Waals surface area contributed by atoms with E-state index in [4.69, 9.17) is 0 Å². The number of rotatable bonds is 1. The molecule has 0 aromatic carbocycles. The molecule has 0 bridgehead atoms. The number of aromatic nitrogens is 3. The van der Waals surface area contributed by atoms with E-state index < -0.39 is 0 Å². The minimum atomic E-state index is -0.109. The Morgan fingerprint density at radius 1 is 1.30 bits per heavy atom. The first kappa shape index (κ1) is 14.2. The van der Waals surface area contributed by atoms with E-state index in [1.165, 1.54) is 0 Å². The van der Waals surface area contributed by atoms with Gasteiger partial charge in [-0.25, -0.2) is 9.52 Å². The van der Waals surface area contributed by atoms with Crippen molar-refractivity contribution in [2.45, 2.75) is 6.42 Å². The number of nitrogens with zero attached hydrogens (tertiary/aromatic N) is 5. The van der Waals surface area contributed by atoms with Crippen LogP contribution >= 0.6 is 15.9 Å². The number of halogens is 1. The average Bonchev–Trinajstić information content (AvgIpc) is 2.98. The van der Waals surface area contributed by atoms with Crippen LogP contribution in [-0.2, 0) is 6.42 Å². The SMILES string of the molecule is CN1c2cccnc2CCN1C(=O)c1cc2ccc(Br)cn2n1. The van der Waals surface area contributed by atoms with Gasteiger partial charge in [0.2, 0.25) is 0 Å². The van der Waals surface area contributed by atoms with Crippen LogP contribution < -0.4 is 5.01 Å². The predicted molar refractivity (Wildman–Crippen MR) is 90.3 cm³/mol. The van der Waals surface area contributed by atoms with Crippen LogP contribution in [0.25, 0.3) is 5.52 Å². The van der Waals surface area contributed by atoms with Crippen LogP contribution in [0, 0.1) is 0 Å². The fraction of sp³-hybridized carbons (Fsp3) is 0.188. The Labute approximate surface area is 141 Å². The number of pyridine rings is 2. The first-order valence-electron chi connectivity index (χ1n) is 7.28. The molecule has 1 aliphatic rings. The molecule has 6 nitrogen and oxygen atoms in total. The van der Waals surface area contributed by atoms with Gasteiger partial charge in [-0.3, -0.25) is 14.8 Å². The van der Waals surface area contributed by atoms with Crippen molar-refractivity contribution in [1.82, 2.24) is 19.6 Å². The standard InChI is InChI=1S/C16H14BrN5O/c1-20-15-3-2-7-18-13(15)6-8-22(20)16(23)14-9-12-5-4-11(17)10-21(12)19-14/h2-5,7,9-10H,6,8H2,1H3. The summed E-state index contributed by atoms with van der Waals surface area (Å²) < 4.78 is 2.62. The Hall–Kier alpha value is -2.41. The lowest BCUT2D eigenvalue weighted by atomic mass is 10.2. The summed E-state index contributed by atoms with van der Waals surface area (Å²) >= 11 is 3.41. The summed E-state index contributed by atoms with van der Waals surface area (Å²) in [6.07, 6.45) is 4.36. The lowest BCUT2D eigenvalue weighted by Crippen LogP contribution is -2.48. The van der Waals surface area contributed by atoms with Crippen LogP contribution in [0.5, 0.6) is 0 Å². The van der Waals surface area contributed by atoms with E-state index in [1.54, 1.807) is 21.8 Å². The molecule has 0 saturated heterocycles. The van der Waals surface area contributed by atoms with Crippen molar-refractivity contribution in [1.29, 1.82) is 0 Å². The van der Waals surface area contributed by atoms with E-state index in [-0.39, 0.29) is 5.91 Å². The number of carbonyl (C=O) groups excluding carboxylic acids is 1. The van der Waals surface area contributed by atoms with Gasteiger partial charge in [-0.2, -0.15) is 5.10 Å². The quantitative estimate of drug-likeness (QED) is 0.659. The van der Waals surface area contributed by atoms with Crippen LogP contribution in [0.3, 0.4) is 0 Å². The van der Waals surface area contributed by atoms with Gasteiger partial charge < -0.3 is 0 Å². The van der Waals surface area contributed by atoms with Gasteiger partial charge in [0.1, 0.15) is 0 Å². The second-order valence-corrected chi connectivity index (χ2v) is 6.33. The molecule has 3 aromatic rings. The highest BCUT2D eigenvalue weighted by Crippen LogP contribution is 2.25. The Morgan fingerprint density at radius 3 is 3.04 bits per heavy atom. The summed E-state index contributed by atoms with van der Waals surface area (Å²) in [6.45, 7) is 0.594. The molecule has 0 spiro atoms. The molecule has 1 amide bonds. The minimum Gasteiger partial charge on any atom is -0.284 e. The number of amides is 1. The normalized spacial score (nSPS) is 14.2. The van der Waals surface area contributed by atoms with Crippen molar-refractivity contribution in [3.05, 3.63) is 58.6 Å². The third-order valence-corrected chi connectivity index (χ3v) is 4.48. The fourth-order valence-electron chi connectivity index (χ4n) is 2.84. The molecule has 0 N–H and O–H groups in total. The van der Waals surface area contributed by atoms with Gasteiger partial charge in [-0.15, -0.1) is 0 Å². The van der Waals surface area contributed by atoms with Gasteiger partial charge in [0.05, 0.1) is 16.9 Å². The van der Waals surface area contributed by atoms with Gasteiger partial charge in [0, 0.05) is 36.9 Å². The third kappa shape index (κ3) is 2.37. The smallest absolute Gasteiger partial charge is 0.284 e.